The van der Waals surface area contributed by atoms with Gasteiger partial charge in [0.2, 0.25) is 0 Å². The third kappa shape index (κ3) is 9.64. The minimum Gasteiger partial charge on any atom is -0.478 e. The summed E-state index contributed by atoms with van der Waals surface area (Å²) in [7, 11) is 0. The van der Waals surface area contributed by atoms with Crippen LogP contribution >= 0.6 is 0 Å². The lowest BCUT2D eigenvalue weighted by molar-refractivity contribution is -0.131. The van der Waals surface area contributed by atoms with Gasteiger partial charge < -0.3 is 20.4 Å². The van der Waals surface area contributed by atoms with Crippen molar-refractivity contribution in [1.82, 2.24) is 0 Å². The van der Waals surface area contributed by atoms with E-state index in [-0.39, 0.29) is 0 Å². The van der Waals surface area contributed by atoms with E-state index in [9.17, 15) is 14.4 Å². The predicted octanol–water partition coefficient (Wildman–Crippen LogP) is 3.01. The number of aryl methyl sites for hydroxylation is 3. The molecule has 0 saturated carbocycles. The number of carboxylic acid groups (broad SMARTS) is 2. The number of rotatable bonds is 4. The number of carbonyl (C=O) groups excluding carboxylic acids is 1. The summed E-state index contributed by atoms with van der Waals surface area (Å²) in [6.45, 7) is 8.50. The molecule has 0 amide bonds. The third-order valence-corrected chi connectivity index (χ3v) is 3.82. The number of aromatic carboxylic acids is 1. The van der Waals surface area contributed by atoms with E-state index < -0.39 is 29.9 Å². The maximum absolute atomic E-state index is 11.3. The van der Waals surface area contributed by atoms with E-state index in [4.69, 9.17) is 20.4 Å². The van der Waals surface area contributed by atoms with Gasteiger partial charge in [-0.05, 0) is 57.9 Å². The van der Waals surface area contributed by atoms with Gasteiger partial charge in [0.25, 0.3) is 5.78 Å². The van der Waals surface area contributed by atoms with Crippen LogP contribution in [0, 0.1) is 20.8 Å². The van der Waals surface area contributed by atoms with Crippen LogP contribution in [0.15, 0.2) is 42.5 Å². The molecular weight excluding hydrogens is 376 g/mol. The Hall–Kier alpha value is -3.03. The number of aliphatic carboxylic acids is 1. The molecule has 2 rings (SSSR count). The molecule has 29 heavy (non-hydrogen) atoms. The molecule has 0 aliphatic heterocycles. The van der Waals surface area contributed by atoms with Gasteiger partial charge in [0.15, 0.2) is 0 Å². The Balaban J connectivity index is 0.000000448. The Labute approximate surface area is 170 Å². The van der Waals surface area contributed by atoms with Crippen molar-refractivity contribution in [2.75, 3.05) is 0 Å². The number of Topliss-reactive ketones (excluding diaryl/α,β-unsaturated/α-hetero) is 1. The zero-order valence-electron chi connectivity index (χ0n) is 17.2. The van der Waals surface area contributed by atoms with E-state index in [1.54, 1.807) is 58.0 Å². The molecule has 0 radical (unpaired) electrons. The zero-order chi connectivity index (χ0) is 22.7. The normalized spacial score (nSPS) is 11.7. The highest BCUT2D eigenvalue weighted by Gasteiger charge is 2.19. The van der Waals surface area contributed by atoms with Gasteiger partial charge in [-0.3, -0.25) is 4.79 Å². The average molecular weight is 404 g/mol. The molecule has 0 saturated heterocycles. The van der Waals surface area contributed by atoms with Crippen molar-refractivity contribution in [3.63, 3.8) is 0 Å². The van der Waals surface area contributed by atoms with Crippen molar-refractivity contribution in [1.29, 1.82) is 0 Å². The number of carboxylic acids is 2. The van der Waals surface area contributed by atoms with Gasteiger partial charge in [-0.1, -0.05) is 35.9 Å². The lowest BCUT2D eigenvalue weighted by Crippen LogP contribution is -2.17. The van der Waals surface area contributed by atoms with E-state index in [0.29, 0.717) is 11.1 Å². The molecular formula is C22H28O7. The summed E-state index contributed by atoms with van der Waals surface area (Å²) < 4.78 is 0. The summed E-state index contributed by atoms with van der Waals surface area (Å²) in [5.74, 6) is -3.12. The average Bonchev–Trinajstić information content (AvgIpc) is 2.62. The van der Waals surface area contributed by atoms with E-state index in [0.717, 1.165) is 16.7 Å². The van der Waals surface area contributed by atoms with Crippen LogP contribution in [0.25, 0.3) is 0 Å². The van der Waals surface area contributed by atoms with Crippen molar-refractivity contribution in [3.8, 4) is 0 Å². The predicted molar refractivity (Wildman–Crippen MR) is 109 cm³/mol. The first-order chi connectivity index (χ1) is 13.4. The topological polar surface area (TPSA) is 132 Å². The van der Waals surface area contributed by atoms with Crippen LogP contribution in [0.3, 0.4) is 0 Å². The number of carbonyl (C=O) groups is 3. The van der Waals surface area contributed by atoms with Crippen LogP contribution in [0.2, 0.25) is 0 Å². The fourth-order valence-electron chi connectivity index (χ4n) is 2.23. The van der Waals surface area contributed by atoms with Gasteiger partial charge in [0, 0.05) is 5.56 Å². The summed E-state index contributed by atoms with van der Waals surface area (Å²) in [4.78, 5) is 32.0. The molecule has 158 valence electrons. The van der Waals surface area contributed by atoms with Gasteiger partial charge in [-0.15, -0.1) is 0 Å². The van der Waals surface area contributed by atoms with Crippen LogP contribution in [-0.2, 0) is 4.79 Å². The Bertz CT molecular complexity index is 795. The molecule has 2 atom stereocenters. The summed E-state index contributed by atoms with van der Waals surface area (Å²) in [6, 6.07) is 11.9. The standard InChI is InChI=1S/C11H12O3.C7H6O2.C4H10O2/c1-6-4-7(2)9(8(3)5-6)10(12)11(13)14;8-7(9)6-4-2-1-3-5-6;1-3(5)4(2)6/h4-5H,1-3H3,(H,13,14);1-5H,(H,8,9);3-6H,1-2H3. The second-order valence-corrected chi connectivity index (χ2v) is 6.56. The Morgan fingerprint density at radius 2 is 1.21 bits per heavy atom. The largest absolute Gasteiger partial charge is 0.478 e. The number of aliphatic hydroxyl groups excluding tert-OH is 2. The number of benzene rings is 2. The molecule has 2 unspecified atom stereocenters. The molecule has 0 aliphatic rings. The monoisotopic (exact) mass is 404 g/mol. The first-order valence-corrected chi connectivity index (χ1v) is 8.88. The minimum atomic E-state index is -1.40. The number of ketones is 1. The maximum atomic E-state index is 11.3. The molecule has 0 aliphatic carbocycles. The molecule has 7 heteroatoms. The van der Waals surface area contributed by atoms with Crippen LogP contribution in [-0.4, -0.2) is 50.4 Å². The minimum absolute atomic E-state index is 0.308. The molecule has 0 fully saturated rings. The maximum Gasteiger partial charge on any atom is 0.377 e. The zero-order valence-corrected chi connectivity index (χ0v) is 17.2. The SMILES string of the molecule is CC(O)C(C)O.Cc1cc(C)c(C(=O)C(=O)O)c(C)c1.O=C(O)c1ccccc1. The van der Waals surface area contributed by atoms with E-state index in [2.05, 4.69) is 0 Å². The van der Waals surface area contributed by atoms with Crippen molar-refractivity contribution in [2.45, 2.75) is 46.8 Å². The summed E-state index contributed by atoms with van der Waals surface area (Å²) >= 11 is 0. The fraction of sp³-hybridized carbons (Fsp3) is 0.318. The molecule has 0 bridgehead atoms. The third-order valence-electron chi connectivity index (χ3n) is 3.82. The second kappa shape index (κ2) is 12.4. The van der Waals surface area contributed by atoms with Gasteiger partial charge in [-0.2, -0.15) is 0 Å². The quantitative estimate of drug-likeness (QED) is 0.455. The van der Waals surface area contributed by atoms with Gasteiger partial charge in [-0.25, -0.2) is 9.59 Å². The number of hydrogen-bond acceptors (Lipinski definition) is 5. The molecule has 0 aromatic heterocycles. The number of hydrogen-bond donors (Lipinski definition) is 4. The lowest BCUT2D eigenvalue weighted by atomic mass is 9.97. The van der Waals surface area contributed by atoms with E-state index in [1.165, 1.54) is 0 Å². The summed E-state index contributed by atoms with van der Waals surface area (Å²) in [5, 5.41) is 33.7. The Kier molecular flexibility index (Phi) is 11.1. The second-order valence-electron chi connectivity index (χ2n) is 6.56. The van der Waals surface area contributed by atoms with Gasteiger partial charge in [0.1, 0.15) is 0 Å². The molecule has 7 nitrogen and oxygen atoms in total. The Morgan fingerprint density at radius 1 is 0.793 bits per heavy atom. The van der Waals surface area contributed by atoms with E-state index in [1.807, 2.05) is 19.1 Å². The summed E-state index contributed by atoms with van der Waals surface area (Å²) in [6.07, 6.45) is -1.19. The van der Waals surface area contributed by atoms with Crippen LogP contribution < -0.4 is 0 Å². The van der Waals surface area contributed by atoms with Crippen molar-refractivity contribution in [3.05, 3.63) is 70.3 Å². The van der Waals surface area contributed by atoms with Crippen molar-refractivity contribution >= 4 is 17.7 Å². The highest BCUT2D eigenvalue weighted by Crippen LogP contribution is 2.16. The first-order valence-electron chi connectivity index (χ1n) is 8.88. The van der Waals surface area contributed by atoms with Gasteiger partial charge >= 0.3 is 11.9 Å². The van der Waals surface area contributed by atoms with Crippen molar-refractivity contribution < 1.29 is 34.8 Å². The Morgan fingerprint density at radius 3 is 1.48 bits per heavy atom. The molecule has 0 spiro atoms. The summed E-state index contributed by atoms with van der Waals surface area (Å²) in [5.41, 5.74) is 3.10. The molecule has 2 aromatic carbocycles. The number of aliphatic hydroxyl groups is 2. The van der Waals surface area contributed by atoms with Gasteiger partial charge in [0.05, 0.1) is 17.8 Å². The molecule has 2 aromatic rings. The molecule has 4 N–H and O–H groups in total. The van der Waals surface area contributed by atoms with Crippen LogP contribution in [0.1, 0.15) is 51.3 Å². The van der Waals surface area contributed by atoms with Crippen LogP contribution in [0.5, 0.6) is 0 Å². The highest BCUT2D eigenvalue weighted by atomic mass is 16.4. The van der Waals surface area contributed by atoms with Crippen LogP contribution in [0.4, 0.5) is 0 Å². The van der Waals surface area contributed by atoms with E-state index >= 15 is 0 Å². The lowest BCUT2D eigenvalue weighted by Gasteiger charge is -2.07. The smallest absolute Gasteiger partial charge is 0.377 e. The van der Waals surface area contributed by atoms with Crippen molar-refractivity contribution in [2.24, 2.45) is 0 Å². The highest BCUT2D eigenvalue weighted by molar-refractivity contribution is 6.40. The fourth-order valence-corrected chi connectivity index (χ4v) is 2.23. The first kappa shape index (κ1) is 26.0. The molecule has 0 heterocycles.